The summed E-state index contributed by atoms with van der Waals surface area (Å²) in [6.07, 6.45) is 1.15. The largest absolute Gasteiger partial charge is 0.478 e. The zero-order valence-corrected chi connectivity index (χ0v) is 22.7. The van der Waals surface area contributed by atoms with E-state index in [2.05, 4.69) is 49.6 Å². The highest BCUT2D eigenvalue weighted by molar-refractivity contribution is 5.92. The quantitative estimate of drug-likeness (QED) is 0.369. The number of pyridine rings is 1. The number of carboxylic acid groups (broad SMARTS) is 1. The second kappa shape index (κ2) is 10.5. The smallest absolute Gasteiger partial charge is 0.335 e. The van der Waals surface area contributed by atoms with Crippen molar-refractivity contribution in [2.24, 2.45) is 0 Å². The molecule has 10 nitrogen and oxygen atoms in total. The van der Waals surface area contributed by atoms with Crippen LogP contribution in [0, 0.1) is 11.3 Å². The van der Waals surface area contributed by atoms with Crippen molar-refractivity contribution < 1.29 is 14.6 Å². The number of benzene rings is 2. The van der Waals surface area contributed by atoms with E-state index in [-0.39, 0.29) is 11.7 Å². The van der Waals surface area contributed by atoms with E-state index in [1.807, 2.05) is 12.1 Å². The molecule has 2 aromatic carbocycles. The molecule has 10 heteroatoms. The van der Waals surface area contributed by atoms with Gasteiger partial charge in [0, 0.05) is 45.9 Å². The van der Waals surface area contributed by atoms with E-state index in [1.165, 1.54) is 11.1 Å². The summed E-state index contributed by atoms with van der Waals surface area (Å²) in [5.41, 5.74) is 5.08. The lowest BCUT2D eigenvalue weighted by atomic mass is 10.1. The lowest BCUT2D eigenvalue weighted by Crippen LogP contribution is -2.46. The normalized spacial score (nSPS) is 18.8. The van der Waals surface area contributed by atoms with Crippen molar-refractivity contribution in [3.05, 3.63) is 82.7 Å². The summed E-state index contributed by atoms with van der Waals surface area (Å²) in [6, 6.07) is 19.5. The number of aromatic carboxylic acids is 1. The molecule has 0 bridgehead atoms. The van der Waals surface area contributed by atoms with E-state index in [0.717, 1.165) is 80.8 Å². The lowest BCUT2D eigenvalue weighted by Gasteiger charge is -2.36. The van der Waals surface area contributed by atoms with Crippen LogP contribution in [0.3, 0.4) is 0 Å². The molecular weight excluding hydrogens is 518 g/mol. The van der Waals surface area contributed by atoms with Crippen molar-refractivity contribution in [2.75, 3.05) is 42.6 Å². The van der Waals surface area contributed by atoms with Crippen LogP contribution in [-0.4, -0.2) is 69.4 Å². The third kappa shape index (κ3) is 4.99. The van der Waals surface area contributed by atoms with Gasteiger partial charge in [-0.2, -0.15) is 5.26 Å². The van der Waals surface area contributed by atoms with Crippen LogP contribution in [0.2, 0.25) is 0 Å². The highest BCUT2D eigenvalue weighted by atomic mass is 16.5. The van der Waals surface area contributed by atoms with Crippen molar-refractivity contribution in [1.29, 1.82) is 5.26 Å². The van der Waals surface area contributed by atoms with Crippen LogP contribution < -0.4 is 9.80 Å². The second-order valence-electron chi connectivity index (χ2n) is 11.0. The first-order chi connectivity index (χ1) is 20.0. The molecule has 0 amide bonds. The summed E-state index contributed by atoms with van der Waals surface area (Å²) in [5, 5.41) is 18.8. The fourth-order valence-corrected chi connectivity index (χ4v) is 5.99. The van der Waals surface area contributed by atoms with Gasteiger partial charge in [0.15, 0.2) is 0 Å². The van der Waals surface area contributed by atoms with Gasteiger partial charge in [-0.05, 0) is 60.0 Å². The van der Waals surface area contributed by atoms with Crippen LogP contribution >= 0.6 is 0 Å². The Labute approximate surface area is 238 Å². The Bertz CT molecular complexity index is 1660. The number of nitrogens with zero attached hydrogens (tertiary/aromatic N) is 7. The number of fused-ring (bicyclic) bond motifs is 2. The number of hydrogen-bond acceptors (Lipinski definition) is 8. The maximum atomic E-state index is 11.6. The van der Waals surface area contributed by atoms with E-state index in [4.69, 9.17) is 14.7 Å². The average Bonchev–Trinajstić information content (AvgIpc) is 3.55. The van der Waals surface area contributed by atoms with Gasteiger partial charge < -0.3 is 24.2 Å². The zero-order valence-electron chi connectivity index (χ0n) is 22.7. The van der Waals surface area contributed by atoms with Gasteiger partial charge in [-0.1, -0.05) is 12.1 Å². The Morgan fingerprint density at radius 2 is 1.76 bits per heavy atom. The van der Waals surface area contributed by atoms with Gasteiger partial charge in [0.05, 0.1) is 47.4 Å². The number of nitriles is 1. The molecule has 3 aliphatic heterocycles. The minimum atomic E-state index is -0.933. The van der Waals surface area contributed by atoms with Crippen molar-refractivity contribution in [2.45, 2.75) is 38.7 Å². The molecule has 5 heterocycles. The Morgan fingerprint density at radius 3 is 2.49 bits per heavy atom. The second-order valence-corrected chi connectivity index (χ2v) is 11.0. The van der Waals surface area contributed by atoms with Crippen molar-refractivity contribution in [3.63, 3.8) is 0 Å². The monoisotopic (exact) mass is 549 g/mol. The van der Waals surface area contributed by atoms with Crippen LogP contribution in [0.4, 0.5) is 11.6 Å². The van der Waals surface area contributed by atoms with Gasteiger partial charge >= 0.3 is 5.97 Å². The molecule has 2 fully saturated rings. The first-order valence-corrected chi connectivity index (χ1v) is 14.1. The summed E-state index contributed by atoms with van der Waals surface area (Å²) < 4.78 is 7.85. The molecule has 2 saturated heterocycles. The van der Waals surface area contributed by atoms with Crippen molar-refractivity contribution in [3.8, 4) is 6.07 Å². The van der Waals surface area contributed by atoms with Crippen molar-refractivity contribution in [1.82, 2.24) is 19.4 Å². The van der Waals surface area contributed by atoms with E-state index in [1.54, 1.807) is 18.2 Å². The van der Waals surface area contributed by atoms with E-state index < -0.39 is 5.97 Å². The number of carboxylic acids is 1. The number of piperazine rings is 1. The summed E-state index contributed by atoms with van der Waals surface area (Å²) in [5.74, 6) is 1.94. The molecule has 1 N–H and O–H groups in total. The highest BCUT2D eigenvalue weighted by Crippen LogP contribution is 2.29. The molecule has 7 rings (SSSR count). The maximum absolute atomic E-state index is 11.6. The summed E-state index contributed by atoms with van der Waals surface area (Å²) in [4.78, 5) is 28.5. The molecule has 0 spiro atoms. The number of aromatic nitrogens is 3. The lowest BCUT2D eigenvalue weighted by molar-refractivity contribution is -0.0592. The van der Waals surface area contributed by atoms with Crippen LogP contribution in [0.1, 0.15) is 39.3 Å². The van der Waals surface area contributed by atoms with Crippen LogP contribution in [0.15, 0.2) is 54.6 Å². The molecule has 0 saturated carbocycles. The third-order valence-corrected chi connectivity index (χ3v) is 8.42. The molecule has 41 heavy (non-hydrogen) atoms. The average molecular weight is 550 g/mol. The van der Waals surface area contributed by atoms with Gasteiger partial charge in [0.25, 0.3) is 0 Å². The van der Waals surface area contributed by atoms with Crippen LogP contribution in [-0.2, 0) is 30.9 Å². The Hall–Kier alpha value is -4.46. The molecule has 0 unspecified atom stereocenters. The number of carbonyl (C=O) groups is 1. The highest BCUT2D eigenvalue weighted by Gasteiger charge is 2.26. The van der Waals surface area contributed by atoms with Crippen LogP contribution in [0.25, 0.3) is 11.0 Å². The third-order valence-electron chi connectivity index (χ3n) is 8.42. The van der Waals surface area contributed by atoms with Gasteiger partial charge in [0.2, 0.25) is 0 Å². The number of ether oxygens (including phenoxy) is 1. The van der Waals surface area contributed by atoms with Gasteiger partial charge in [-0.25, -0.2) is 14.8 Å². The standard InChI is InChI=1S/C31H31N7O3/c32-16-21-4-5-23-17-37(18-24(23)14-21)29-3-1-2-28(34-29)36-11-9-35(10-12-36)20-30-33-26-7-6-22(31(39)40)15-27(26)38(30)19-25-8-13-41-25/h1-7,14-15,25H,8-13,17-20H2,(H,39,40)/t25-/m0/s1. The first kappa shape index (κ1) is 25.5. The summed E-state index contributed by atoms with van der Waals surface area (Å²) in [6.45, 7) is 7.18. The molecule has 2 aromatic heterocycles. The van der Waals surface area contributed by atoms with Gasteiger partial charge in [-0.3, -0.25) is 4.90 Å². The number of anilines is 2. The van der Waals surface area contributed by atoms with Gasteiger partial charge in [-0.15, -0.1) is 0 Å². The van der Waals surface area contributed by atoms with Gasteiger partial charge in [0.1, 0.15) is 17.5 Å². The maximum Gasteiger partial charge on any atom is 0.335 e. The Morgan fingerprint density at radius 1 is 0.976 bits per heavy atom. The molecule has 3 aliphatic rings. The van der Waals surface area contributed by atoms with Crippen LogP contribution in [0.5, 0.6) is 0 Å². The van der Waals surface area contributed by atoms with E-state index in [9.17, 15) is 15.2 Å². The molecule has 0 aliphatic carbocycles. The topological polar surface area (TPSA) is 111 Å². The molecule has 4 aromatic rings. The SMILES string of the molecule is N#Cc1ccc2c(c1)CN(c1cccc(N3CCN(Cc4nc5ccc(C(=O)O)cc5n4C[C@@H]4CCO4)CC3)n1)C2. The van der Waals surface area contributed by atoms with E-state index in [0.29, 0.717) is 18.7 Å². The minimum absolute atomic E-state index is 0.145. The minimum Gasteiger partial charge on any atom is -0.478 e. The summed E-state index contributed by atoms with van der Waals surface area (Å²) in [7, 11) is 0. The number of hydrogen-bond donors (Lipinski definition) is 1. The Balaban J connectivity index is 1.03. The van der Waals surface area contributed by atoms with Crippen molar-refractivity contribution >= 4 is 28.6 Å². The Kier molecular flexibility index (Phi) is 6.53. The first-order valence-electron chi connectivity index (χ1n) is 14.1. The molecule has 1 atom stereocenters. The number of imidazole rings is 1. The predicted octanol–water partition coefficient (Wildman–Crippen LogP) is 3.63. The fraction of sp³-hybridized carbons (Fsp3) is 0.355. The molecule has 0 radical (unpaired) electrons. The van der Waals surface area contributed by atoms with E-state index >= 15 is 0 Å². The number of rotatable bonds is 7. The zero-order chi connectivity index (χ0) is 27.9. The molecular formula is C31H31N7O3. The summed E-state index contributed by atoms with van der Waals surface area (Å²) >= 11 is 0. The molecule has 208 valence electrons. The fourth-order valence-electron chi connectivity index (χ4n) is 5.99. The predicted molar refractivity (Wildman–Crippen MR) is 154 cm³/mol.